The Morgan fingerprint density at radius 1 is 0.731 bits per heavy atom. The van der Waals surface area contributed by atoms with Crippen LogP contribution in [0, 0.1) is 32.0 Å². The second-order valence-corrected chi connectivity index (χ2v) is 15.6. The summed E-state index contributed by atoms with van der Waals surface area (Å²) in [5.41, 5.74) is 4.55. The fraction of sp³-hybridized carbons (Fsp3) is 0.294. The monoisotopic (exact) mass is 765 g/mol. The predicted molar refractivity (Wildman–Crippen MR) is 192 cm³/mol. The lowest BCUT2D eigenvalue weighted by atomic mass is 9.85. The molecule has 0 aromatic heterocycles. The highest BCUT2D eigenvalue weighted by molar-refractivity contribution is 7.93. The minimum absolute atomic E-state index is 0.00644. The van der Waals surface area contributed by atoms with Crippen molar-refractivity contribution in [3.8, 4) is 0 Å². The first-order valence-electron chi connectivity index (χ1n) is 15.8. The number of benzene rings is 4. The Kier molecular flexibility index (Phi) is 13.7. The number of nitrogens with zero attached hydrogens (tertiary/aromatic N) is 4. The number of nitrogen functional groups attached to an aromatic ring is 1. The highest BCUT2D eigenvalue weighted by Crippen LogP contribution is 2.37. The summed E-state index contributed by atoms with van der Waals surface area (Å²) in [5.74, 6) is -2.79. The van der Waals surface area contributed by atoms with E-state index in [9.17, 15) is 50.2 Å². The van der Waals surface area contributed by atoms with Gasteiger partial charge in [0.25, 0.3) is 25.7 Å². The molecule has 0 saturated heterocycles. The quantitative estimate of drug-likeness (QED) is 0.101. The number of alkyl halides is 2. The van der Waals surface area contributed by atoms with Gasteiger partial charge in [-0.05, 0) is 67.3 Å². The number of sulfonamides is 2. The van der Waals surface area contributed by atoms with Gasteiger partial charge in [0, 0.05) is 39.1 Å². The van der Waals surface area contributed by atoms with E-state index in [0.29, 0.717) is 5.92 Å². The molecule has 18 heteroatoms. The van der Waals surface area contributed by atoms with Gasteiger partial charge in [-0.2, -0.15) is 4.39 Å². The molecule has 0 aliphatic heterocycles. The molecule has 0 heterocycles. The van der Waals surface area contributed by atoms with E-state index in [1.165, 1.54) is 56.6 Å². The summed E-state index contributed by atoms with van der Waals surface area (Å²) in [4.78, 5) is 20.2. The van der Waals surface area contributed by atoms with Gasteiger partial charge in [-0.3, -0.25) is 28.8 Å². The molecule has 52 heavy (non-hydrogen) atoms. The number of nitrogens with two attached hydrogens (primary N) is 1. The van der Waals surface area contributed by atoms with Crippen LogP contribution in [-0.4, -0.2) is 46.7 Å². The van der Waals surface area contributed by atoms with Crippen molar-refractivity contribution in [2.45, 2.75) is 54.7 Å². The smallest absolute Gasteiger partial charge is 0.306 e. The third-order valence-corrected chi connectivity index (χ3v) is 11.9. The van der Waals surface area contributed by atoms with Crippen molar-refractivity contribution in [2.75, 3.05) is 28.4 Å². The molecule has 4 aromatic carbocycles. The van der Waals surface area contributed by atoms with E-state index in [1.54, 1.807) is 36.4 Å². The second-order valence-electron chi connectivity index (χ2n) is 11.7. The number of anilines is 3. The van der Waals surface area contributed by atoms with Crippen LogP contribution in [0.2, 0.25) is 0 Å². The van der Waals surface area contributed by atoms with E-state index in [4.69, 9.17) is 5.73 Å². The number of hydrogen-bond donors (Lipinski definition) is 1. The van der Waals surface area contributed by atoms with Gasteiger partial charge >= 0.3 is 5.69 Å². The predicted octanol–water partition coefficient (Wildman–Crippen LogP) is 7.78. The van der Waals surface area contributed by atoms with Crippen molar-refractivity contribution >= 4 is 48.5 Å². The summed E-state index contributed by atoms with van der Waals surface area (Å²) in [6.45, 7) is 2.08. The van der Waals surface area contributed by atoms with Crippen LogP contribution in [0.1, 0.15) is 39.0 Å². The summed E-state index contributed by atoms with van der Waals surface area (Å²) < 4.78 is 89.7. The average Bonchev–Trinajstić information content (AvgIpc) is 3.12. The molecule has 4 aromatic rings. The Labute approximate surface area is 299 Å². The SMILES string of the molecule is CCC1CCC(F)(F)CC1.CN(c1ccc(F)c([N+](=O)[O-])c1)S(=O)(=O)c1ccccc1.CN(c1ccc(N)c([N+](=O)[O-])c1)S(=O)(=O)c1ccccc1. The van der Waals surface area contributed by atoms with Gasteiger partial charge in [0.1, 0.15) is 5.69 Å². The zero-order chi connectivity index (χ0) is 38.9. The minimum atomic E-state index is -3.86. The van der Waals surface area contributed by atoms with Gasteiger partial charge in [-0.25, -0.2) is 25.6 Å². The third kappa shape index (κ3) is 10.4. The maximum atomic E-state index is 13.3. The van der Waals surface area contributed by atoms with Crippen molar-refractivity contribution in [1.82, 2.24) is 0 Å². The molecule has 2 N–H and O–H groups in total. The summed E-state index contributed by atoms with van der Waals surface area (Å²) >= 11 is 0. The number of rotatable bonds is 9. The summed E-state index contributed by atoms with van der Waals surface area (Å²) in [6.07, 6.45) is 2.75. The van der Waals surface area contributed by atoms with Crippen molar-refractivity contribution < 1.29 is 39.9 Å². The Morgan fingerprint density at radius 2 is 1.13 bits per heavy atom. The maximum absolute atomic E-state index is 13.3. The molecule has 0 amide bonds. The largest absolute Gasteiger partial charge is 0.393 e. The first-order chi connectivity index (χ1) is 24.3. The van der Waals surface area contributed by atoms with Crippen LogP contribution in [0.5, 0.6) is 0 Å². The molecular weight excluding hydrogens is 728 g/mol. The molecule has 0 radical (unpaired) electrons. The third-order valence-electron chi connectivity index (χ3n) is 8.28. The summed E-state index contributed by atoms with van der Waals surface area (Å²) in [5, 5.41) is 21.6. The Morgan fingerprint density at radius 3 is 1.54 bits per heavy atom. The molecule has 1 fully saturated rings. The minimum Gasteiger partial charge on any atom is -0.393 e. The fourth-order valence-electron chi connectivity index (χ4n) is 5.01. The Bertz CT molecular complexity index is 1930. The lowest BCUT2D eigenvalue weighted by molar-refractivity contribution is -0.387. The molecule has 0 unspecified atom stereocenters. The highest BCUT2D eigenvalue weighted by Gasteiger charge is 2.34. The number of nitro groups is 2. The molecule has 1 aliphatic carbocycles. The maximum Gasteiger partial charge on any atom is 0.306 e. The zero-order valence-corrected chi connectivity index (χ0v) is 30.1. The fourth-order valence-corrected chi connectivity index (χ4v) is 7.43. The molecule has 0 atom stereocenters. The number of nitro benzene ring substituents is 2. The first-order valence-corrected chi connectivity index (χ1v) is 18.6. The van der Waals surface area contributed by atoms with Crippen LogP contribution in [0.4, 0.5) is 41.6 Å². The highest BCUT2D eigenvalue weighted by atomic mass is 32.2. The second kappa shape index (κ2) is 17.3. The normalized spacial score (nSPS) is 14.1. The van der Waals surface area contributed by atoms with Crippen LogP contribution in [0.15, 0.2) is 107 Å². The molecule has 280 valence electrons. The standard InChI is InChI=1S/C13H11FN2O4S.C13H13N3O4S.C8H14F2/c2*1-15(21(19,20)11-5-3-2-4-6-11)10-7-8-12(14)13(9-10)16(17)18;1-2-7-3-5-8(9,10)6-4-7/h2-9H,1H3;2-9H,14H2,1H3;7H,2-6H2,1H3. The van der Waals surface area contributed by atoms with E-state index in [0.717, 1.165) is 46.1 Å². The van der Waals surface area contributed by atoms with Gasteiger partial charge in [0.2, 0.25) is 11.7 Å². The molecule has 1 aliphatic rings. The van der Waals surface area contributed by atoms with Crippen LogP contribution in [-0.2, 0) is 20.0 Å². The van der Waals surface area contributed by atoms with Crippen molar-refractivity contribution in [3.05, 3.63) is 123 Å². The topological polar surface area (TPSA) is 187 Å². The van der Waals surface area contributed by atoms with E-state index in [-0.39, 0.29) is 45.4 Å². The lowest BCUT2D eigenvalue weighted by Crippen LogP contribution is -2.26. The molecule has 1 saturated carbocycles. The van der Waals surface area contributed by atoms with Gasteiger partial charge in [-0.1, -0.05) is 49.7 Å². The van der Waals surface area contributed by atoms with Crippen LogP contribution in [0.25, 0.3) is 0 Å². The molecular formula is C34H38F3N5O8S2. The van der Waals surface area contributed by atoms with Crippen molar-refractivity contribution in [1.29, 1.82) is 0 Å². The van der Waals surface area contributed by atoms with E-state index in [2.05, 4.69) is 6.92 Å². The zero-order valence-electron chi connectivity index (χ0n) is 28.4. The Balaban J connectivity index is 0.000000224. The van der Waals surface area contributed by atoms with Crippen molar-refractivity contribution in [2.24, 2.45) is 5.92 Å². The molecule has 0 spiro atoms. The lowest BCUT2D eigenvalue weighted by Gasteiger charge is -2.27. The number of hydrogen-bond acceptors (Lipinski definition) is 9. The van der Waals surface area contributed by atoms with E-state index < -0.39 is 47.3 Å². The van der Waals surface area contributed by atoms with Crippen LogP contribution >= 0.6 is 0 Å². The molecule has 5 rings (SSSR count). The van der Waals surface area contributed by atoms with Gasteiger partial charge in [-0.15, -0.1) is 0 Å². The van der Waals surface area contributed by atoms with Crippen LogP contribution in [0.3, 0.4) is 0 Å². The molecule has 13 nitrogen and oxygen atoms in total. The van der Waals surface area contributed by atoms with Gasteiger partial charge < -0.3 is 5.73 Å². The van der Waals surface area contributed by atoms with Crippen molar-refractivity contribution in [3.63, 3.8) is 0 Å². The van der Waals surface area contributed by atoms with Crippen LogP contribution < -0.4 is 14.3 Å². The van der Waals surface area contributed by atoms with Gasteiger partial charge in [0.15, 0.2) is 0 Å². The molecule has 0 bridgehead atoms. The summed E-state index contributed by atoms with van der Waals surface area (Å²) in [6, 6.07) is 22.2. The van der Waals surface area contributed by atoms with Gasteiger partial charge in [0.05, 0.1) is 31.0 Å². The Hall–Kier alpha value is -5.23. The average molecular weight is 766 g/mol. The summed E-state index contributed by atoms with van der Waals surface area (Å²) in [7, 11) is -5.06. The van der Waals surface area contributed by atoms with E-state index >= 15 is 0 Å². The number of halogens is 3. The van der Waals surface area contributed by atoms with E-state index in [1.807, 2.05) is 0 Å². The first kappa shape index (κ1) is 41.2.